The molecule has 0 fully saturated rings. The molecule has 0 bridgehead atoms. The minimum Gasteiger partial charge on any atom is -0.397 e. The first-order chi connectivity index (χ1) is 8.06. The average Bonchev–Trinajstić information content (AvgIpc) is 2.68. The summed E-state index contributed by atoms with van der Waals surface area (Å²) in [7, 11) is 0. The molecular weight excluding hydrogens is 275 g/mol. The first-order valence-corrected chi connectivity index (χ1v) is 6.67. The third-order valence-corrected chi connectivity index (χ3v) is 4.06. The van der Waals surface area contributed by atoms with Gasteiger partial charge in [0, 0.05) is 16.3 Å². The SMILES string of the molecule is Cc1ccc(CNc2cc(Cl)c(Cl)cc2N)s1. The summed E-state index contributed by atoms with van der Waals surface area (Å²) in [6.45, 7) is 2.82. The summed E-state index contributed by atoms with van der Waals surface area (Å²) >= 11 is 13.6. The molecular formula is C12H12Cl2N2S. The normalized spacial score (nSPS) is 10.5. The Hall–Kier alpha value is -0.900. The first kappa shape index (κ1) is 12.6. The molecule has 0 radical (unpaired) electrons. The van der Waals surface area contributed by atoms with Crippen molar-refractivity contribution in [2.75, 3.05) is 11.1 Å². The van der Waals surface area contributed by atoms with Crippen molar-refractivity contribution in [2.24, 2.45) is 0 Å². The van der Waals surface area contributed by atoms with Crippen LogP contribution in [-0.4, -0.2) is 0 Å². The number of hydrogen-bond donors (Lipinski definition) is 2. The molecule has 1 aromatic heterocycles. The van der Waals surface area contributed by atoms with E-state index in [2.05, 4.69) is 24.4 Å². The number of aryl methyl sites for hydroxylation is 1. The number of halogens is 2. The van der Waals surface area contributed by atoms with Crippen molar-refractivity contribution in [1.82, 2.24) is 0 Å². The summed E-state index contributed by atoms with van der Waals surface area (Å²) in [5.74, 6) is 0. The Balaban J connectivity index is 2.11. The Morgan fingerprint density at radius 3 is 2.59 bits per heavy atom. The number of thiophene rings is 1. The van der Waals surface area contributed by atoms with Crippen LogP contribution in [0.15, 0.2) is 24.3 Å². The molecule has 2 rings (SSSR count). The van der Waals surface area contributed by atoms with E-state index in [1.165, 1.54) is 9.75 Å². The van der Waals surface area contributed by atoms with Gasteiger partial charge in [-0.2, -0.15) is 0 Å². The van der Waals surface area contributed by atoms with Gasteiger partial charge in [-0.15, -0.1) is 11.3 Å². The van der Waals surface area contributed by atoms with Gasteiger partial charge in [-0.05, 0) is 31.2 Å². The van der Waals surface area contributed by atoms with E-state index in [0.717, 1.165) is 12.2 Å². The highest BCUT2D eigenvalue weighted by molar-refractivity contribution is 7.11. The molecule has 0 aliphatic heterocycles. The zero-order chi connectivity index (χ0) is 12.4. The molecule has 0 atom stereocenters. The quantitative estimate of drug-likeness (QED) is 0.812. The summed E-state index contributed by atoms with van der Waals surface area (Å²) in [6.07, 6.45) is 0. The van der Waals surface area contributed by atoms with E-state index in [9.17, 15) is 0 Å². The predicted octanol–water partition coefficient (Wildman–Crippen LogP) is 4.56. The maximum Gasteiger partial charge on any atom is 0.0614 e. The molecule has 1 aromatic carbocycles. The summed E-state index contributed by atoms with van der Waals surface area (Å²) < 4.78 is 0. The van der Waals surface area contributed by atoms with Crippen LogP contribution in [0, 0.1) is 6.92 Å². The maximum atomic E-state index is 5.95. The molecule has 0 saturated heterocycles. The molecule has 0 unspecified atom stereocenters. The van der Waals surface area contributed by atoms with Crippen molar-refractivity contribution in [3.05, 3.63) is 44.1 Å². The third kappa shape index (κ3) is 3.06. The summed E-state index contributed by atoms with van der Waals surface area (Å²) in [6, 6.07) is 7.60. The van der Waals surface area contributed by atoms with Crippen molar-refractivity contribution >= 4 is 45.9 Å². The third-order valence-electron chi connectivity index (χ3n) is 2.34. The van der Waals surface area contributed by atoms with E-state index in [4.69, 9.17) is 28.9 Å². The lowest BCUT2D eigenvalue weighted by Crippen LogP contribution is -2.01. The lowest BCUT2D eigenvalue weighted by molar-refractivity contribution is 1.19. The topological polar surface area (TPSA) is 38.0 Å². The van der Waals surface area contributed by atoms with Crippen molar-refractivity contribution < 1.29 is 0 Å². The van der Waals surface area contributed by atoms with Crippen LogP contribution < -0.4 is 11.1 Å². The monoisotopic (exact) mass is 286 g/mol. The second-order valence-corrected chi connectivity index (χ2v) is 5.91. The molecule has 0 spiro atoms. The van der Waals surface area contributed by atoms with Gasteiger partial charge in [0.2, 0.25) is 0 Å². The maximum absolute atomic E-state index is 5.95. The van der Waals surface area contributed by atoms with Crippen molar-refractivity contribution in [3.63, 3.8) is 0 Å². The van der Waals surface area contributed by atoms with Crippen LogP contribution in [0.1, 0.15) is 9.75 Å². The van der Waals surface area contributed by atoms with E-state index in [1.54, 1.807) is 23.5 Å². The van der Waals surface area contributed by atoms with Crippen molar-refractivity contribution in [3.8, 4) is 0 Å². The largest absolute Gasteiger partial charge is 0.397 e. The van der Waals surface area contributed by atoms with E-state index in [0.29, 0.717) is 15.7 Å². The molecule has 2 aromatic rings. The molecule has 0 amide bonds. The van der Waals surface area contributed by atoms with Crippen LogP contribution in [0.5, 0.6) is 0 Å². The summed E-state index contributed by atoms with van der Waals surface area (Å²) in [4.78, 5) is 2.55. The van der Waals surface area contributed by atoms with E-state index in [-0.39, 0.29) is 0 Å². The molecule has 0 saturated carbocycles. The van der Waals surface area contributed by atoms with Gasteiger partial charge < -0.3 is 11.1 Å². The smallest absolute Gasteiger partial charge is 0.0614 e. The van der Waals surface area contributed by atoms with Crippen LogP contribution in [0.2, 0.25) is 10.0 Å². The first-order valence-electron chi connectivity index (χ1n) is 5.10. The van der Waals surface area contributed by atoms with E-state index < -0.39 is 0 Å². The Kier molecular flexibility index (Phi) is 3.82. The number of benzene rings is 1. The van der Waals surface area contributed by atoms with Gasteiger partial charge in [0.25, 0.3) is 0 Å². The fourth-order valence-electron chi connectivity index (χ4n) is 1.48. The molecule has 0 aliphatic carbocycles. The standard InChI is InChI=1S/C12H12Cl2N2S/c1-7-2-3-8(17-7)6-16-12-5-10(14)9(13)4-11(12)15/h2-5,16H,6,15H2,1H3. The van der Waals surface area contributed by atoms with Gasteiger partial charge in [0.05, 0.1) is 21.4 Å². The van der Waals surface area contributed by atoms with Crippen LogP contribution in [0.3, 0.4) is 0 Å². The number of anilines is 2. The fraction of sp³-hybridized carbons (Fsp3) is 0.167. The summed E-state index contributed by atoms with van der Waals surface area (Å²) in [5, 5.41) is 4.23. The molecule has 3 N–H and O–H groups in total. The van der Waals surface area contributed by atoms with Gasteiger partial charge in [-0.1, -0.05) is 23.2 Å². The van der Waals surface area contributed by atoms with Gasteiger partial charge in [0.1, 0.15) is 0 Å². The van der Waals surface area contributed by atoms with Gasteiger partial charge >= 0.3 is 0 Å². The predicted molar refractivity (Wildman–Crippen MR) is 77.3 cm³/mol. The van der Waals surface area contributed by atoms with E-state index >= 15 is 0 Å². The van der Waals surface area contributed by atoms with Gasteiger partial charge in [-0.25, -0.2) is 0 Å². The van der Waals surface area contributed by atoms with Crippen LogP contribution >= 0.6 is 34.5 Å². The Morgan fingerprint density at radius 1 is 1.24 bits per heavy atom. The Bertz CT molecular complexity index is 537. The second kappa shape index (κ2) is 5.17. The number of nitrogens with two attached hydrogens (primary N) is 1. The number of hydrogen-bond acceptors (Lipinski definition) is 3. The molecule has 0 aliphatic rings. The van der Waals surface area contributed by atoms with Crippen LogP contribution in [0.25, 0.3) is 0 Å². The minimum absolute atomic E-state index is 0.474. The lowest BCUT2D eigenvalue weighted by atomic mass is 10.2. The Morgan fingerprint density at radius 2 is 1.94 bits per heavy atom. The van der Waals surface area contributed by atoms with E-state index in [1.807, 2.05) is 0 Å². The second-order valence-electron chi connectivity index (χ2n) is 3.72. The zero-order valence-electron chi connectivity index (χ0n) is 9.26. The number of nitrogens with one attached hydrogen (secondary N) is 1. The van der Waals surface area contributed by atoms with Crippen molar-refractivity contribution in [1.29, 1.82) is 0 Å². The van der Waals surface area contributed by atoms with Gasteiger partial charge in [-0.3, -0.25) is 0 Å². The lowest BCUT2D eigenvalue weighted by Gasteiger charge is -2.09. The van der Waals surface area contributed by atoms with Gasteiger partial charge in [0.15, 0.2) is 0 Å². The fourth-order valence-corrected chi connectivity index (χ4v) is 2.64. The number of nitrogen functional groups attached to an aromatic ring is 1. The van der Waals surface area contributed by atoms with Crippen LogP contribution in [0.4, 0.5) is 11.4 Å². The Labute approximate surface area is 114 Å². The molecule has 1 heterocycles. The minimum atomic E-state index is 0.474. The molecule has 17 heavy (non-hydrogen) atoms. The average molecular weight is 287 g/mol. The molecule has 90 valence electrons. The number of rotatable bonds is 3. The molecule has 2 nitrogen and oxygen atoms in total. The summed E-state index contributed by atoms with van der Waals surface area (Å²) in [5.41, 5.74) is 7.27. The van der Waals surface area contributed by atoms with Crippen molar-refractivity contribution in [2.45, 2.75) is 13.5 Å². The highest BCUT2D eigenvalue weighted by Gasteiger charge is 2.05. The van der Waals surface area contributed by atoms with Crippen LogP contribution in [-0.2, 0) is 6.54 Å². The highest BCUT2D eigenvalue weighted by Crippen LogP contribution is 2.31. The highest BCUT2D eigenvalue weighted by atomic mass is 35.5. The zero-order valence-corrected chi connectivity index (χ0v) is 11.6. The molecule has 5 heteroatoms.